The third-order valence-electron chi connectivity index (χ3n) is 3.25. The van der Waals surface area contributed by atoms with Gasteiger partial charge in [0, 0.05) is 18.8 Å². The Balaban J connectivity index is 1.94. The summed E-state index contributed by atoms with van der Waals surface area (Å²) in [5.74, 6) is 0.259. The molecule has 1 aromatic rings. The van der Waals surface area contributed by atoms with Crippen molar-refractivity contribution in [3.63, 3.8) is 0 Å². The molecular weight excluding hydrogens is 228 g/mol. The number of carbonyl (C=O) groups is 1. The summed E-state index contributed by atoms with van der Waals surface area (Å²) in [6, 6.07) is 7.85. The lowest BCUT2D eigenvalue weighted by Gasteiger charge is -2.14. The fourth-order valence-corrected chi connectivity index (χ4v) is 2.15. The van der Waals surface area contributed by atoms with Crippen LogP contribution in [0.3, 0.4) is 0 Å². The van der Waals surface area contributed by atoms with Crippen molar-refractivity contribution in [2.45, 2.75) is 26.0 Å². The van der Waals surface area contributed by atoms with E-state index in [0.717, 1.165) is 18.7 Å². The van der Waals surface area contributed by atoms with Crippen molar-refractivity contribution in [1.29, 1.82) is 0 Å². The minimum Gasteiger partial charge on any atom is -0.368 e. The molecule has 1 heterocycles. The predicted octanol–water partition coefficient (Wildman–Crippen LogP) is 1.77. The van der Waals surface area contributed by atoms with Gasteiger partial charge in [0.05, 0.1) is 0 Å². The molecule has 1 aliphatic heterocycles. The number of anilines is 1. The molecule has 1 aromatic carbocycles. The van der Waals surface area contributed by atoms with Gasteiger partial charge < -0.3 is 15.4 Å². The first-order valence-corrected chi connectivity index (χ1v) is 6.36. The first-order chi connectivity index (χ1) is 8.70. The molecule has 1 aliphatic rings. The van der Waals surface area contributed by atoms with E-state index >= 15 is 0 Å². The third kappa shape index (κ3) is 3.09. The van der Waals surface area contributed by atoms with Gasteiger partial charge >= 0.3 is 0 Å². The summed E-state index contributed by atoms with van der Waals surface area (Å²) in [5, 5.41) is 5.99. The molecule has 0 aliphatic carbocycles. The maximum Gasteiger partial charge on any atom is 0.253 e. The third-order valence-corrected chi connectivity index (χ3v) is 3.25. The van der Waals surface area contributed by atoms with E-state index in [9.17, 15) is 4.79 Å². The highest BCUT2D eigenvalue weighted by atomic mass is 16.5. The van der Waals surface area contributed by atoms with Crippen LogP contribution in [0.15, 0.2) is 24.3 Å². The molecule has 4 heteroatoms. The summed E-state index contributed by atoms with van der Waals surface area (Å²) in [4.78, 5) is 12.0. The Bertz CT molecular complexity index is 403. The molecule has 0 spiro atoms. The summed E-state index contributed by atoms with van der Waals surface area (Å²) in [7, 11) is 1.91. The number of amides is 1. The molecular formula is C14H20N2O2. The number of hydrogen-bond donors (Lipinski definition) is 2. The van der Waals surface area contributed by atoms with Crippen LogP contribution in [0.1, 0.15) is 18.9 Å². The van der Waals surface area contributed by atoms with Gasteiger partial charge in [-0.25, -0.2) is 0 Å². The van der Waals surface area contributed by atoms with Crippen molar-refractivity contribution >= 4 is 11.6 Å². The van der Waals surface area contributed by atoms with Gasteiger partial charge in [0.15, 0.2) is 0 Å². The summed E-state index contributed by atoms with van der Waals surface area (Å²) >= 11 is 0. The van der Waals surface area contributed by atoms with Crippen LogP contribution in [-0.2, 0) is 16.1 Å². The minimum absolute atomic E-state index is 0.0404. The molecule has 98 valence electrons. The van der Waals surface area contributed by atoms with Gasteiger partial charge in [-0.2, -0.15) is 0 Å². The van der Waals surface area contributed by atoms with E-state index < -0.39 is 0 Å². The number of carbonyl (C=O) groups excluding carboxylic acids is 1. The van der Waals surface area contributed by atoms with E-state index in [1.165, 1.54) is 5.56 Å². The van der Waals surface area contributed by atoms with Crippen molar-refractivity contribution < 1.29 is 9.53 Å². The Morgan fingerprint density at radius 3 is 2.67 bits per heavy atom. The molecule has 0 aromatic heterocycles. The normalized spacial score (nSPS) is 23.0. The van der Waals surface area contributed by atoms with Crippen molar-refractivity contribution in [3.8, 4) is 0 Å². The zero-order chi connectivity index (χ0) is 13.0. The Labute approximate surface area is 108 Å². The number of rotatable bonds is 4. The second kappa shape index (κ2) is 5.98. The fraction of sp³-hybridized carbons (Fsp3) is 0.500. The number of ether oxygens (including phenoxy) is 1. The van der Waals surface area contributed by atoms with Crippen LogP contribution in [0.25, 0.3) is 0 Å². The van der Waals surface area contributed by atoms with Crippen molar-refractivity contribution in [2.75, 3.05) is 19.0 Å². The second-order valence-corrected chi connectivity index (χ2v) is 4.77. The fourth-order valence-electron chi connectivity index (χ4n) is 2.15. The molecule has 0 saturated carbocycles. The molecule has 1 amide bonds. The predicted molar refractivity (Wildman–Crippen MR) is 71.4 cm³/mol. The van der Waals surface area contributed by atoms with E-state index in [4.69, 9.17) is 4.74 Å². The van der Waals surface area contributed by atoms with Crippen molar-refractivity contribution in [2.24, 2.45) is 5.92 Å². The average Bonchev–Trinajstić information content (AvgIpc) is 2.78. The summed E-state index contributed by atoms with van der Waals surface area (Å²) < 4.78 is 5.44. The highest BCUT2D eigenvalue weighted by molar-refractivity contribution is 5.94. The van der Waals surface area contributed by atoms with E-state index in [-0.39, 0.29) is 12.0 Å². The summed E-state index contributed by atoms with van der Waals surface area (Å²) in [6.07, 6.45) is 0.654. The lowest BCUT2D eigenvalue weighted by atomic mass is 10.0. The largest absolute Gasteiger partial charge is 0.368 e. The lowest BCUT2D eigenvalue weighted by Crippen LogP contribution is -2.31. The van der Waals surface area contributed by atoms with Gasteiger partial charge in [-0.05, 0) is 37.1 Å². The van der Waals surface area contributed by atoms with E-state index in [2.05, 4.69) is 10.6 Å². The first kappa shape index (κ1) is 13.1. The Kier molecular flexibility index (Phi) is 4.33. The van der Waals surface area contributed by atoms with Gasteiger partial charge in [-0.15, -0.1) is 0 Å². The number of nitrogens with one attached hydrogen (secondary N) is 2. The molecule has 1 saturated heterocycles. The van der Waals surface area contributed by atoms with Crippen LogP contribution in [0.4, 0.5) is 5.69 Å². The highest BCUT2D eigenvalue weighted by Crippen LogP contribution is 2.21. The quantitative estimate of drug-likeness (QED) is 0.853. The van der Waals surface area contributed by atoms with E-state index in [0.29, 0.717) is 12.5 Å². The van der Waals surface area contributed by atoms with E-state index in [1.54, 1.807) is 0 Å². The van der Waals surface area contributed by atoms with Gasteiger partial charge in [-0.1, -0.05) is 19.1 Å². The average molecular weight is 248 g/mol. The molecule has 2 atom stereocenters. The maximum absolute atomic E-state index is 12.0. The van der Waals surface area contributed by atoms with Crippen LogP contribution in [0.2, 0.25) is 0 Å². The smallest absolute Gasteiger partial charge is 0.253 e. The van der Waals surface area contributed by atoms with Gasteiger partial charge in [-0.3, -0.25) is 4.79 Å². The van der Waals surface area contributed by atoms with Crippen LogP contribution in [0.5, 0.6) is 0 Å². The monoisotopic (exact) mass is 248 g/mol. The topological polar surface area (TPSA) is 50.4 Å². The molecule has 0 bridgehead atoms. The van der Waals surface area contributed by atoms with Gasteiger partial charge in [0.1, 0.15) is 6.10 Å². The Morgan fingerprint density at radius 1 is 1.39 bits per heavy atom. The zero-order valence-electron chi connectivity index (χ0n) is 10.9. The van der Waals surface area contributed by atoms with Crippen LogP contribution in [-0.4, -0.2) is 25.7 Å². The SMILES string of the molecule is CNCc1ccc(NC(=O)C2OCCC2C)cc1. The molecule has 0 radical (unpaired) electrons. The molecule has 2 unspecified atom stereocenters. The highest BCUT2D eigenvalue weighted by Gasteiger charge is 2.30. The molecule has 2 N–H and O–H groups in total. The van der Waals surface area contributed by atoms with Crippen LogP contribution < -0.4 is 10.6 Å². The maximum atomic E-state index is 12.0. The minimum atomic E-state index is -0.304. The number of hydrogen-bond acceptors (Lipinski definition) is 3. The Morgan fingerprint density at radius 2 is 2.11 bits per heavy atom. The Hall–Kier alpha value is -1.39. The van der Waals surface area contributed by atoms with Crippen LogP contribution in [0, 0.1) is 5.92 Å². The van der Waals surface area contributed by atoms with Crippen molar-refractivity contribution in [3.05, 3.63) is 29.8 Å². The summed E-state index contributed by atoms with van der Waals surface area (Å²) in [5.41, 5.74) is 2.02. The molecule has 1 fully saturated rings. The second-order valence-electron chi connectivity index (χ2n) is 4.77. The number of benzene rings is 1. The lowest BCUT2D eigenvalue weighted by molar-refractivity contribution is -0.126. The summed E-state index contributed by atoms with van der Waals surface area (Å²) in [6.45, 7) is 3.56. The van der Waals surface area contributed by atoms with Crippen molar-refractivity contribution in [1.82, 2.24) is 5.32 Å². The van der Waals surface area contributed by atoms with E-state index in [1.807, 2.05) is 38.2 Å². The standard InChI is InChI=1S/C14H20N2O2/c1-10-7-8-18-13(10)14(17)16-12-5-3-11(4-6-12)9-15-2/h3-6,10,13,15H,7-9H2,1-2H3,(H,16,17). The van der Waals surface area contributed by atoms with Gasteiger partial charge in [0.2, 0.25) is 0 Å². The van der Waals surface area contributed by atoms with Crippen LogP contribution >= 0.6 is 0 Å². The molecule has 4 nitrogen and oxygen atoms in total. The first-order valence-electron chi connectivity index (χ1n) is 6.36. The zero-order valence-corrected chi connectivity index (χ0v) is 10.9. The van der Waals surface area contributed by atoms with Gasteiger partial charge in [0.25, 0.3) is 5.91 Å². The molecule has 18 heavy (non-hydrogen) atoms. The molecule has 2 rings (SSSR count).